The molecule has 1 aliphatic rings. The maximum Gasteiger partial charge on any atom is 0.229 e. The van der Waals surface area contributed by atoms with Crippen LogP contribution in [-0.2, 0) is 9.59 Å². The van der Waals surface area contributed by atoms with E-state index in [9.17, 15) is 9.59 Å². The average Bonchev–Trinajstić information content (AvgIpc) is 2.85. The number of anilines is 1. The molecule has 0 saturated carbocycles. The van der Waals surface area contributed by atoms with Gasteiger partial charge in [-0.15, -0.1) is 0 Å². The lowest BCUT2D eigenvalue weighted by Gasteiger charge is -2.13. The van der Waals surface area contributed by atoms with Crippen molar-refractivity contribution in [2.75, 3.05) is 39.1 Å². The van der Waals surface area contributed by atoms with Crippen LogP contribution in [0.3, 0.4) is 0 Å². The minimum absolute atomic E-state index is 0.0732. The second-order valence-electron chi connectivity index (χ2n) is 5.37. The summed E-state index contributed by atoms with van der Waals surface area (Å²) in [6, 6.07) is 7.28. The molecule has 2 N–H and O–H groups in total. The molecule has 6 heteroatoms. The lowest BCUT2D eigenvalue weighted by molar-refractivity contribution is -0.123. The van der Waals surface area contributed by atoms with Gasteiger partial charge in [0.2, 0.25) is 11.8 Å². The Hall–Kier alpha value is -2.08. The number of carbonyl (C=O) groups is 2. The Labute approximate surface area is 124 Å². The predicted molar refractivity (Wildman–Crippen MR) is 80.2 cm³/mol. The fraction of sp³-hybridized carbons (Fsp3) is 0.467. The van der Waals surface area contributed by atoms with Crippen molar-refractivity contribution < 1.29 is 14.3 Å². The van der Waals surface area contributed by atoms with E-state index in [1.54, 1.807) is 12.1 Å². The molecule has 21 heavy (non-hydrogen) atoms. The molecule has 1 unspecified atom stereocenters. The van der Waals surface area contributed by atoms with Crippen molar-refractivity contribution in [2.45, 2.75) is 6.42 Å². The molecule has 1 atom stereocenters. The van der Waals surface area contributed by atoms with E-state index >= 15 is 0 Å². The summed E-state index contributed by atoms with van der Waals surface area (Å²) < 4.78 is 5.62. The van der Waals surface area contributed by atoms with Crippen LogP contribution in [0.1, 0.15) is 6.42 Å². The Morgan fingerprint density at radius 1 is 1.48 bits per heavy atom. The lowest BCUT2D eigenvalue weighted by atomic mass is 10.1. The molecule has 114 valence electrons. The van der Waals surface area contributed by atoms with Gasteiger partial charge in [0, 0.05) is 31.3 Å². The highest BCUT2D eigenvalue weighted by Gasteiger charge is 2.27. The fourth-order valence-electron chi connectivity index (χ4n) is 2.04. The molecule has 6 nitrogen and oxygen atoms in total. The van der Waals surface area contributed by atoms with Gasteiger partial charge < -0.3 is 20.3 Å². The summed E-state index contributed by atoms with van der Waals surface area (Å²) in [5, 5.41) is 5.48. The first-order valence-corrected chi connectivity index (χ1v) is 7.00. The Bertz CT molecular complexity index is 517. The third kappa shape index (κ3) is 4.75. The molecule has 2 amide bonds. The van der Waals surface area contributed by atoms with Gasteiger partial charge in [0.1, 0.15) is 12.4 Å². The van der Waals surface area contributed by atoms with Crippen LogP contribution < -0.4 is 15.4 Å². The first-order chi connectivity index (χ1) is 10.0. The van der Waals surface area contributed by atoms with E-state index in [1.807, 2.05) is 31.1 Å². The summed E-state index contributed by atoms with van der Waals surface area (Å²) in [4.78, 5) is 25.2. The number of nitrogens with zero attached hydrogens (tertiary/aromatic N) is 1. The van der Waals surface area contributed by atoms with Crippen molar-refractivity contribution in [3.05, 3.63) is 24.3 Å². The molecule has 1 aromatic carbocycles. The topological polar surface area (TPSA) is 70.7 Å². The van der Waals surface area contributed by atoms with Gasteiger partial charge in [-0.3, -0.25) is 9.59 Å². The van der Waals surface area contributed by atoms with E-state index in [1.165, 1.54) is 0 Å². The van der Waals surface area contributed by atoms with Crippen molar-refractivity contribution in [1.82, 2.24) is 10.2 Å². The van der Waals surface area contributed by atoms with E-state index in [2.05, 4.69) is 10.6 Å². The third-order valence-electron chi connectivity index (χ3n) is 3.26. The van der Waals surface area contributed by atoms with Crippen LogP contribution in [0, 0.1) is 5.92 Å². The van der Waals surface area contributed by atoms with E-state index in [4.69, 9.17) is 4.74 Å². The number of hydrogen-bond donors (Lipinski definition) is 2. The number of amides is 2. The smallest absolute Gasteiger partial charge is 0.229 e. The summed E-state index contributed by atoms with van der Waals surface area (Å²) in [6.07, 6.45) is 0.255. The van der Waals surface area contributed by atoms with Crippen molar-refractivity contribution >= 4 is 17.5 Å². The zero-order valence-corrected chi connectivity index (χ0v) is 12.4. The lowest BCUT2D eigenvalue weighted by Crippen LogP contribution is -2.24. The van der Waals surface area contributed by atoms with E-state index < -0.39 is 0 Å². The quantitative estimate of drug-likeness (QED) is 0.809. The molecule has 0 bridgehead atoms. The van der Waals surface area contributed by atoms with Gasteiger partial charge in [-0.2, -0.15) is 0 Å². The van der Waals surface area contributed by atoms with Gasteiger partial charge in [0.15, 0.2) is 0 Å². The van der Waals surface area contributed by atoms with Crippen LogP contribution in [0.5, 0.6) is 5.75 Å². The molecular weight excluding hydrogens is 270 g/mol. The second-order valence-corrected chi connectivity index (χ2v) is 5.37. The van der Waals surface area contributed by atoms with Gasteiger partial charge in [-0.25, -0.2) is 0 Å². The SMILES string of the molecule is CN(C)CCOc1cccc(NC(=O)C2CNC(=O)C2)c1. The van der Waals surface area contributed by atoms with Crippen LogP contribution in [-0.4, -0.2) is 50.5 Å². The highest BCUT2D eigenvalue weighted by molar-refractivity contribution is 5.97. The van der Waals surface area contributed by atoms with E-state index in [0.29, 0.717) is 18.8 Å². The number of ether oxygens (including phenoxy) is 1. The molecule has 1 aromatic rings. The number of benzene rings is 1. The summed E-state index contributed by atoms with van der Waals surface area (Å²) in [6.45, 7) is 1.82. The van der Waals surface area contributed by atoms with Crippen molar-refractivity contribution in [1.29, 1.82) is 0 Å². The Balaban J connectivity index is 1.88. The largest absolute Gasteiger partial charge is 0.492 e. The zero-order chi connectivity index (χ0) is 15.2. The zero-order valence-electron chi connectivity index (χ0n) is 12.4. The highest BCUT2D eigenvalue weighted by Crippen LogP contribution is 2.19. The van der Waals surface area contributed by atoms with Gasteiger partial charge in [0.05, 0.1) is 5.92 Å². The Morgan fingerprint density at radius 3 is 2.95 bits per heavy atom. The van der Waals surface area contributed by atoms with E-state index in [-0.39, 0.29) is 24.2 Å². The summed E-state index contributed by atoms with van der Waals surface area (Å²) in [7, 11) is 3.97. The van der Waals surface area contributed by atoms with Gasteiger partial charge in [-0.1, -0.05) is 6.07 Å². The predicted octanol–water partition coefficient (Wildman–Crippen LogP) is 0.702. The summed E-state index contributed by atoms with van der Waals surface area (Å²) in [5.74, 6) is 0.209. The molecule has 1 aliphatic heterocycles. The minimum atomic E-state index is -0.296. The van der Waals surface area contributed by atoms with Crippen molar-refractivity contribution in [3.63, 3.8) is 0 Å². The number of nitrogens with one attached hydrogen (secondary N) is 2. The first kappa shape index (κ1) is 15.3. The van der Waals surface area contributed by atoms with Crippen LogP contribution in [0.2, 0.25) is 0 Å². The van der Waals surface area contributed by atoms with Crippen molar-refractivity contribution in [2.24, 2.45) is 5.92 Å². The Kier molecular flexibility index (Phi) is 5.16. The summed E-state index contributed by atoms with van der Waals surface area (Å²) >= 11 is 0. The number of rotatable bonds is 6. The molecular formula is C15H21N3O3. The minimum Gasteiger partial charge on any atom is -0.492 e. The maximum atomic E-state index is 12.0. The first-order valence-electron chi connectivity index (χ1n) is 7.00. The van der Waals surface area contributed by atoms with Gasteiger partial charge in [0.25, 0.3) is 0 Å². The molecule has 0 aliphatic carbocycles. The van der Waals surface area contributed by atoms with Crippen LogP contribution >= 0.6 is 0 Å². The monoisotopic (exact) mass is 291 g/mol. The van der Waals surface area contributed by atoms with Gasteiger partial charge in [-0.05, 0) is 26.2 Å². The highest BCUT2D eigenvalue weighted by atomic mass is 16.5. The molecule has 0 spiro atoms. The molecule has 1 heterocycles. The normalized spacial score (nSPS) is 17.7. The molecule has 0 radical (unpaired) electrons. The van der Waals surface area contributed by atoms with Crippen LogP contribution in [0.4, 0.5) is 5.69 Å². The molecule has 1 saturated heterocycles. The maximum absolute atomic E-state index is 12.0. The van der Waals surface area contributed by atoms with Crippen molar-refractivity contribution in [3.8, 4) is 5.75 Å². The van der Waals surface area contributed by atoms with Crippen LogP contribution in [0.15, 0.2) is 24.3 Å². The molecule has 1 fully saturated rings. The van der Waals surface area contributed by atoms with Gasteiger partial charge >= 0.3 is 0 Å². The second kappa shape index (κ2) is 7.08. The molecule has 2 rings (SSSR count). The standard InChI is InChI=1S/C15H21N3O3/c1-18(2)6-7-21-13-5-3-4-12(9-13)17-15(20)11-8-14(19)16-10-11/h3-5,9,11H,6-8,10H2,1-2H3,(H,16,19)(H,17,20). The number of hydrogen-bond acceptors (Lipinski definition) is 4. The number of carbonyl (C=O) groups excluding carboxylic acids is 2. The summed E-state index contributed by atoms with van der Waals surface area (Å²) in [5.41, 5.74) is 0.682. The fourth-order valence-corrected chi connectivity index (χ4v) is 2.04. The van der Waals surface area contributed by atoms with Crippen LogP contribution in [0.25, 0.3) is 0 Å². The Morgan fingerprint density at radius 2 is 2.29 bits per heavy atom. The average molecular weight is 291 g/mol. The number of likely N-dealkylation sites (N-methyl/N-ethyl adjacent to an activating group) is 1. The molecule has 0 aromatic heterocycles. The van der Waals surface area contributed by atoms with E-state index in [0.717, 1.165) is 12.3 Å². The third-order valence-corrected chi connectivity index (χ3v) is 3.26.